The minimum absolute atomic E-state index is 0.0366. The lowest BCUT2D eigenvalue weighted by atomic mass is 10.2. The summed E-state index contributed by atoms with van der Waals surface area (Å²) in [6, 6.07) is 4.90. The van der Waals surface area contributed by atoms with E-state index in [1.54, 1.807) is 12.1 Å². The van der Waals surface area contributed by atoms with Crippen molar-refractivity contribution in [2.75, 3.05) is 49.9 Å². The number of rotatable bonds is 4. The van der Waals surface area contributed by atoms with Crippen molar-refractivity contribution in [2.45, 2.75) is 0 Å². The van der Waals surface area contributed by atoms with Crippen LogP contribution in [0.25, 0.3) is 0 Å². The van der Waals surface area contributed by atoms with Gasteiger partial charge < -0.3 is 16.4 Å². The summed E-state index contributed by atoms with van der Waals surface area (Å²) in [4.78, 5) is 14.8. The highest BCUT2D eigenvalue weighted by molar-refractivity contribution is 5.66. The Bertz CT molecular complexity index is 457. The molecule has 19 heavy (non-hydrogen) atoms. The molecule has 1 aromatic rings. The van der Waals surface area contributed by atoms with Crippen molar-refractivity contribution in [3.63, 3.8) is 0 Å². The molecular weight excluding hydrogens is 246 g/mol. The molecule has 1 heterocycles. The third-order valence-corrected chi connectivity index (χ3v) is 3.39. The lowest BCUT2D eigenvalue weighted by Gasteiger charge is -2.35. The van der Waals surface area contributed by atoms with Crippen LogP contribution in [0.5, 0.6) is 0 Å². The molecule has 4 N–H and O–H groups in total. The van der Waals surface area contributed by atoms with Gasteiger partial charge in [-0.2, -0.15) is 0 Å². The molecule has 0 amide bonds. The molecular formula is C12H19N5O2. The molecule has 0 aliphatic carbocycles. The van der Waals surface area contributed by atoms with Gasteiger partial charge in [0.25, 0.3) is 5.69 Å². The van der Waals surface area contributed by atoms with Gasteiger partial charge in [0.15, 0.2) is 0 Å². The average molecular weight is 265 g/mol. The molecule has 0 aromatic heterocycles. The van der Waals surface area contributed by atoms with Gasteiger partial charge in [-0.05, 0) is 12.1 Å². The van der Waals surface area contributed by atoms with Crippen LogP contribution in [0.2, 0.25) is 0 Å². The van der Waals surface area contributed by atoms with E-state index in [9.17, 15) is 10.1 Å². The Balaban J connectivity index is 2.04. The largest absolute Gasteiger partial charge is 0.393 e. The smallest absolute Gasteiger partial charge is 0.292 e. The van der Waals surface area contributed by atoms with Gasteiger partial charge in [0.1, 0.15) is 5.69 Å². The highest BCUT2D eigenvalue weighted by Gasteiger charge is 2.18. The molecule has 2 rings (SSSR count). The Labute approximate surface area is 111 Å². The van der Waals surface area contributed by atoms with E-state index >= 15 is 0 Å². The van der Waals surface area contributed by atoms with Crippen molar-refractivity contribution in [1.82, 2.24) is 4.90 Å². The Kier molecular flexibility index (Phi) is 4.18. The molecule has 1 aliphatic heterocycles. The summed E-state index contributed by atoms with van der Waals surface area (Å²) < 4.78 is 0. The quantitative estimate of drug-likeness (QED) is 0.460. The number of piperazine rings is 1. The SMILES string of the molecule is NCCN1CCN(c2ccc([N+](=O)[O-])c(N)c2)CC1. The maximum atomic E-state index is 10.7. The number of nitrogens with zero attached hydrogens (tertiary/aromatic N) is 3. The fourth-order valence-electron chi connectivity index (χ4n) is 2.32. The van der Waals surface area contributed by atoms with Crippen LogP contribution in [0.1, 0.15) is 0 Å². The van der Waals surface area contributed by atoms with Crippen molar-refractivity contribution < 1.29 is 4.92 Å². The molecule has 1 aliphatic rings. The monoisotopic (exact) mass is 265 g/mol. The molecule has 7 heteroatoms. The molecule has 1 saturated heterocycles. The first-order valence-corrected chi connectivity index (χ1v) is 6.33. The van der Waals surface area contributed by atoms with E-state index in [0.717, 1.165) is 38.4 Å². The molecule has 104 valence electrons. The molecule has 7 nitrogen and oxygen atoms in total. The fraction of sp³-hybridized carbons (Fsp3) is 0.500. The van der Waals surface area contributed by atoms with E-state index in [-0.39, 0.29) is 11.4 Å². The molecule has 0 atom stereocenters. The number of hydrogen-bond donors (Lipinski definition) is 2. The van der Waals surface area contributed by atoms with E-state index in [1.807, 2.05) is 0 Å². The van der Waals surface area contributed by atoms with Crippen molar-refractivity contribution in [3.05, 3.63) is 28.3 Å². The van der Waals surface area contributed by atoms with E-state index in [0.29, 0.717) is 6.54 Å². The Hall–Kier alpha value is -1.86. The van der Waals surface area contributed by atoms with Gasteiger partial charge in [-0.25, -0.2) is 0 Å². The zero-order valence-electron chi connectivity index (χ0n) is 10.8. The molecule has 0 spiro atoms. The number of nitro groups is 1. The van der Waals surface area contributed by atoms with Crippen molar-refractivity contribution in [2.24, 2.45) is 5.73 Å². The van der Waals surface area contributed by atoms with Crippen LogP contribution in [-0.4, -0.2) is 49.1 Å². The molecule has 0 radical (unpaired) electrons. The summed E-state index contributed by atoms with van der Waals surface area (Å²) in [5, 5.41) is 10.7. The van der Waals surface area contributed by atoms with Crippen LogP contribution in [-0.2, 0) is 0 Å². The predicted molar refractivity (Wildman–Crippen MR) is 75.2 cm³/mol. The Morgan fingerprint density at radius 1 is 1.26 bits per heavy atom. The van der Waals surface area contributed by atoms with E-state index in [4.69, 9.17) is 11.5 Å². The highest BCUT2D eigenvalue weighted by Crippen LogP contribution is 2.27. The van der Waals surface area contributed by atoms with E-state index in [1.165, 1.54) is 6.07 Å². The topological polar surface area (TPSA) is 102 Å². The normalized spacial score (nSPS) is 16.6. The number of nitrogens with two attached hydrogens (primary N) is 2. The first-order valence-electron chi connectivity index (χ1n) is 6.33. The van der Waals surface area contributed by atoms with Gasteiger partial charge in [-0.15, -0.1) is 0 Å². The lowest BCUT2D eigenvalue weighted by molar-refractivity contribution is -0.383. The van der Waals surface area contributed by atoms with E-state index in [2.05, 4.69) is 9.80 Å². The second-order valence-corrected chi connectivity index (χ2v) is 4.62. The van der Waals surface area contributed by atoms with Crippen LogP contribution < -0.4 is 16.4 Å². The number of nitrogen functional groups attached to an aromatic ring is 1. The number of hydrogen-bond acceptors (Lipinski definition) is 6. The second kappa shape index (κ2) is 5.85. The standard InChI is InChI=1S/C12H19N5O2/c13-3-4-15-5-7-16(8-6-15)10-1-2-12(17(18)19)11(14)9-10/h1-2,9H,3-8,13-14H2. The predicted octanol–water partition coefficient (Wildman–Crippen LogP) is 0.258. The third kappa shape index (κ3) is 3.12. The molecule has 0 saturated carbocycles. The van der Waals surface area contributed by atoms with Crippen LogP contribution in [0.15, 0.2) is 18.2 Å². The van der Waals surface area contributed by atoms with Crippen molar-refractivity contribution >= 4 is 17.1 Å². The Morgan fingerprint density at radius 2 is 1.95 bits per heavy atom. The fourth-order valence-corrected chi connectivity index (χ4v) is 2.32. The molecule has 1 aromatic carbocycles. The average Bonchev–Trinajstić information content (AvgIpc) is 2.39. The maximum Gasteiger partial charge on any atom is 0.292 e. The van der Waals surface area contributed by atoms with Gasteiger partial charge in [0.05, 0.1) is 4.92 Å². The zero-order chi connectivity index (χ0) is 13.8. The zero-order valence-corrected chi connectivity index (χ0v) is 10.8. The molecule has 0 bridgehead atoms. The summed E-state index contributed by atoms with van der Waals surface area (Å²) in [5.74, 6) is 0. The second-order valence-electron chi connectivity index (χ2n) is 4.62. The van der Waals surface area contributed by atoms with Gasteiger partial charge in [-0.1, -0.05) is 0 Å². The van der Waals surface area contributed by atoms with Gasteiger partial charge >= 0.3 is 0 Å². The summed E-state index contributed by atoms with van der Waals surface area (Å²) >= 11 is 0. The number of anilines is 2. The molecule has 0 unspecified atom stereocenters. The molecule has 1 fully saturated rings. The maximum absolute atomic E-state index is 10.7. The van der Waals surface area contributed by atoms with E-state index < -0.39 is 4.92 Å². The van der Waals surface area contributed by atoms with Gasteiger partial charge in [0.2, 0.25) is 0 Å². The first kappa shape index (κ1) is 13.6. The summed E-state index contributed by atoms with van der Waals surface area (Å²) in [7, 11) is 0. The first-order chi connectivity index (χ1) is 9.11. The van der Waals surface area contributed by atoms with Crippen LogP contribution in [0, 0.1) is 10.1 Å². The van der Waals surface area contributed by atoms with Crippen LogP contribution in [0.3, 0.4) is 0 Å². The lowest BCUT2D eigenvalue weighted by Crippen LogP contribution is -2.47. The minimum atomic E-state index is -0.460. The summed E-state index contributed by atoms with van der Waals surface area (Å²) in [6.07, 6.45) is 0. The van der Waals surface area contributed by atoms with Crippen LogP contribution in [0.4, 0.5) is 17.1 Å². The Morgan fingerprint density at radius 3 is 2.47 bits per heavy atom. The number of nitro benzene ring substituents is 1. The van der Waals surface area contributed by atoms with Crippen molar-refractivity contribution in [1.29, 1.82) is 0 Å². The van der Waals surface area contributed by atoms with Crippen LogP contribution >= 0.6 is 0 Å². The van der Waals surface area contributed by atoms with Gasteiger partial charge in [0, 0.05) is 51.0 Å². The summed E-state index contributed by atoms with van der Waals surface area (Å²) in [6.45, 7) is 5.26. The third-order valence-electron chi connectivity index (χ3n) is 3.39. The highest BCUT2D eigenvalue weighted by atomic mass is 16.6. The minimum Gasteiger partial charge on any atom is -0.393 e. The van der Waals surface area contributed by atoms with Crippen molar-refractivity contribution in [3.8, 4) is 0 Å². The van der Waals surface area contributed by atoms with Gasteiger partial charge in [-0.3, -0.25) is 15.0 Å². The number of benzene rings is 1. The summed E-state index contributed by atoms with van der Waals surface area (Å²) in [5.41, 5.74) is 12.4.